The van der Waals surface area contributed by atoms with E-state index in [1.54, 1.807) is 18.3 Å². The van der Waals surface area contributed by atoms with Crippen molar-refractivity contribution in [3.63, 3.8) is 0 Å². The molecule has 2 aromatic rings. The SMILES string of the molecule is CC[C@H](C)NC(=O)c1cn(CC)c2ccc(S(=O)(=O)N3C[C@H](C)C[C@@H](C)C3)cc2c1=O. The van der Waals surface area contributed by atoms with Gasteiger partial charge in [-0.2, -0.15) is 4.31 Å². The Labute approximate surface area is 184 Å². The Bertz CT molecular complexity index is 1130. The summed E-state index contributed by atoms with van der Waals surface area (Å²) in [5, 5.41) is 3.08. The van der Waals surface area contributed by atoms with Gasteiger partial charge in [-0.25, -0.2) is 8.42 Å². The van der Waals surface area contributed by atoms with Crippen LogP contribution in [0.1, 0.15) is 57.8 Å². The van der Waals surface area contributed by atoms with E-state index < -0.39 is 21.4 Å². The highest BCUT2D eigenvalue weighted by Gasteiger charge is 2.32. The lowest BCUT2D eigenvalue weighted by Crippen LogP contribution is -2.42. The number of carbonyl (C=O) groups excluding carboxylic acids is 1. The van der Waals surface area contributed by atoms with Gasteiger partial charge in [0, 0.05) is 37.3 Å². The highest BCUT2D eigenvalue weighted by Crippen LogP contribution is 2.28. The highest BCUT2D eigenvalue weighted by atomic mass is 32.2. The van der Waals surface area contributed by atoms with Gasteiger partial charge >= 0.3 is 0 Å². The maximum atomic E-state index is 13.3. The third-order valence-corrected chi connectivity index (χ3v) is 7.93. The van der Waals surface area contributed by atoms with E-state index in [4.69, 9.17) is 0 Å². The fourth-order valence-electron chi connectivity index (χ4n) is 4.32. The molecule has 7 nitrogen and oxygen atoms in total. The predicted molar refractivity (Wildman–Crippen MR) is 123 cm³/mol. The molecule has 8 heteroatoms. The van der Waals surface area contributed by atoms with E-state index in [0.29, 0.717) is 25.2 Å². The molecule has 1 N–H and O–H groups in total. The van der Waals surface area contributed by atoms with E-state index in [1.165, 1.54) is 10.4 Å². The van der Waals surface area contributed by atoms with Gasteiger partial charge in [0.2, 0.25) is 15.5 Å². The number of nitrogens with one attached hydrogen (secondary N) is 1. The van der Waals surface area contributed by atoms with E-state index in [0.717, 1.165) is 12.8 Å². The summed E-state index contributed by atoms with van der Waals surface area (Å²) in [7, 11) is -3.73. The summed E-state index contributed by atoms with van der Waals surface area (Å²) in [5.41, 5.74) is 0.203. The fourth-order valence-corrected chi connectivity index (χ4v) is 6.02. The van der Waals surface area contributed by atoms with Gasteiger partial charge in [0.25, 0.3) is 5.91 Å². The zero-order chi connectivity index (χ0) is 22.9. The summed E-state index contributed by atoms with van der Waals surface area (Å²) in [4.78, 5) is 26.0. The molecular formula is C23H33N3O4S. The minimum Gasteiger partial charge on any atom is -0.349 e. The minimum absolute atomic E-state index is 0.0319. The topological polar surface area (TPSA) is 88.5 Å². The molecule has 1 aromatic carbocycles. The van der Waals surface area contributed by atoms with Crippen molar-refractivity contribution in [1.82, 2.24) is 14.2 Å². The molecule has 0 unspecified atom stereocenters. The first-order valence-corrected chi connectivity index (χ1v) is 12.5. The van der Waals surface area contributed by atoms with Gasteiger partial charge in [-0.15, -0.1) is 0 Å². The van der Waals surface area contributed by atoms with Crippen LogP contribution >= 0.6 is 0 Å². The number of aromatic nitrogens is 1. The summed E-state index contributed by atoms with van der Waals surface area (Å²) in [5.74, 6) is 0.134. The normalized spacial score (nSPS) is 21.2. The number of rotatable bonds is 6. The smallest absolute Gasteiger partial charge is 0.256 e. The number of fused-ring (bicyclic) bond motifs is 1. The molecule has 1 saturated heterocycles. The molecule has 0 saturated carbocycles. The second kappa shape index (κ2) is 9.12. The Hall–Kier alpha value is -2.19. The lowest BCUT2D eigenvalue weighted by atomic mass is 9.94. The summed E-state index contributed by atoms with van der Waals surface area (Å²) in [6, 6.07) is 4.60. The first kappa shape index (κ1) is 23.5. The molecule has 3 atom stereocenters. The van der Waals surface area contributed by atoms with E-state index in [1.807, 2.05) is 25.3 Å². The molecule has 1 amide bonds. The first-order chi connectivity index (χ1) is 14.6. The van der Waals surface area contributed by atoms with Crippen molar-refractivity contribution in [1.29, 1.82) is 0 Å². The van der Waals surface area contributed by atoms with Crippen LogP contribution < -0.4 is 10.7 Å². The van der Waals surface area contributed by atoms with Gasteiger partial charge in [-0.1, -0.05) is 20.8 Å². The number of amides is 1. The summed E-state index contributed by atoms with van der Waals surface area (Å²) < 4.78 is 30.0. The van der Waals surface area contributed by atoms with Gasteiger partial charge in [0.1, 0.15) is 5.56 Å². The zero-order valence-corrected chi connectivity index (χ0v) is 19.8. The average Bonchev–Trinajstić information content (AvgIpc) is 2.72. The Kier molecular flexibility index (Phi) is 6.91. The maximum absolute atomic E-state index is 13.3. The number of benzene rings is 1. The molecular weight excluding hydrogens is 414 g/mol. The van der Waals surface area contributed by atoms with Gasteiger partial charge in [0.05, 0.1) is 10.4 Å². The molecule has 0 aliphatic carbocycles. The van der Waals surface area contributed by atoms with Crippen molar-refractivity contribution >= 4 is 26.8 Å². The van der Waals surface area contributed by atoms with E-state index >= 15 is 0 Å². The molecule has 1 aliphatic rings. The number of nitrogens with zero attached hydrogens (tertiary/aromatic N) is 2. The predicted octanol–water partition coefficient (Wildman–Crippen LogP) is 3.22. The maximum Gasteiger partial charge on any atom is 0.256 e. The molecule has 3 rings (SSSR count). The van der Waals surface area contributed by atoms with Gasteiger partial charge < -0.3 is 9.88 Å². The van der Waals surface area contributed by atoms with Crippen LogP contribution in [0.3, 0.4) is 0 Å². The number of sulfonamides is 1. The summed E-state index contributed by atoms with van der Waals surface area (Å²) in [6.45, 7) is 11.4. The molecule has 1 aromatic heterocycles. The average molecular weight is 448 g/mol. The van der Waals surface area contributed by atoms with Crippen LogP contribution in [0.5, 0.6) is 0 Å². The number of pyridine rings is 1. The highest BCUT2D eigenvalue weighted by molar-refractivity contribution is 7.89. The minimum atomic E-state index is -3.73. The second-order valence-electron chi connectivity index (χ2n) is 8.89. The van der Waals surface area contributed by atoms with Crippen LogP contribution in [0.15, 0.2) is 34.1 Å². The van der Waals surface area contributed by atoms with Crippen molar-refractivity contribution in [3.05, 3.63) is 40.2 Å². The lowest BCUT2D eigenvalue weighted by molar-refractivity contribution is 0.0937. The van der Waals surface area contributed by atoms with Crippen LogP contribution in [0.2, 0.25) is 0 Å². The lowest BCUT2D eigenvalue weighted by Gasteiger charge is -2.34. The molecule has 0 radical (unpaired) electrons. The van der Waals surface area contributed by atoms with E-state index in [-0.39, 0.29) is 33.7 Å². The van der Waals surface area contributed by atoms with E-state index in [9.17, 15) is 18.0 Å². The molecule has 1 aliphatic heterocycles. The number of carbonyl (C=O) groups is 1. The Morgan fingerprint density at radius 3 is 2.42 bits per heavy atom. The van der Waals surface area contributed by atoms with Crippen LogP contribution in [0.25, 0.3) is 10.9 Å². The number of hydrogen-bond acceptors (Lipinski definition) is 4. The monoisotopic (exact) mass is 447 g/mol. The van der Waals surface area contributed by atoms with Crippen molar-refractivity contribution in [2.75, 3.05) is 13.1 Å². The van der Waals surface area contributed by atoms with Gasteiger partial charge in [0.15, 0.2) is 0 Å². The Morgan fingerprint density at radius 1 is 1.19 bits per heavy atom. The Morgan fingerprint density at radius 2 is 1.84 bits per heavy atom. The number of aryl methyl sites for hydroxylation is 1. The van der Waals surface area contributed by atoms with Crippen molar-refractivity contribution in [3.8, 4) is 0 Å². The third-order valence-electron chi connectivity index (χ3n) is 6.10. The molecule has 2 heterocycles. The van der Waals surface area contributed by atoms with Crippen LogP contribution in [-0.2, 0) is 16.6 Å². The zero-order valence-electron chi connectivity index (χ0n) is 19.0. The molecule has 1 fully saturated rings. The largest absolute Gasteiger partial charge is 0.349 e. The number of hydrogen-bond donors (Lipinski definition) is 1. The van der Waals surface area contributed by atoms with Crippen molar-refractivity contribution < 1.29 is 13.2 Å². The third kappa shape index (κ3) is 4.70. The Balaban J connectivity index is 2.11. The molecule has 31 heavy (non-hydrogen) atoms. The van der Waals surface area contributed by atoms with E-state index in [2.05, 4.69) is 19.2 Å². The van der Waals surface area contributed by atoms with Crippen LogP contribution in [0, 0.1) is 11.8 Å². The standard InChI is InChI=1S/C23H33N3O4S/c1-6-17(5)24-23(28)20-14-25(7-2)21-9-8-18(11-19(21)22(20)27)31(29,30)26-12-15(3)10-16(4)13-26/h8-9,11,14-17H,6-7,10,12-13H2,1-5H3,(H,24,28)/t15-,16-,17+/m1/s1. The number of piperidine rings is 1. The fraction of sp³-hybridized carbons (Fsp3) is 0.565. The van der Waals surface area contributed by atoms with Crippen molar-refractivity contribution in [2.45, 2.75) is 64.9 Å². The van der Waals surface area contributed by atoms with Crippen LogP contribution in [0.4, 0.5) is 0 Å². The quantitative estimate of drug-likeness (QED) is 0.736. The second-order valence-corrected chi connectivity index (χ2v) is 10.8. The summed E-state index contributed by atoms with van der Waals surface area (Å²) in [6.07, 6.45) is 3.31. The molecule has 170 valence electrons. The molecule has 0 bridgehead atoms. The van der Waals surface area contributed by atoms with Crippen LogP contribution in [-0.4, -0.2) is 42.3 Å². The first-order valence-electron chi connectivity index (χ1n) is 11.1. The van der Waals surface area contributed by atoms with Crippen molar-refractivity contribution in [2.24, 2.45) is 11.8 Å². The summed E-state index contributed by atoms with van der Waals surface area (Å²) >= 11 is 0. The molecule has 0 spiro atoms. The van der Waals surface area contributed by atoms with Gasteiger partial charge in [-0.05, 0) is 56.7 Å². The van der Waals surface area contributed by atoms with Gasteiger partial charge in [-0.3, -0.25) is 9.59 Å².